The van der Waals surface area contributed by atoms with Gasteiger partial charge < -0.3 is 18.9 Å². The third-order valence-corrected chi connectivity index (χ3v) is 11.6. The monoisotopic (exact) mass is 746 g/mol. The summed E-state index contributed by atoms with van der Waals surface area (Å²) < 4.78 is 25.0. The predicted octanol–water partition coefficient (Wildman–Crippen LogP) is 10.1. The van der Waals surface area contributed by atoms with E-state index in [9.17, 15) is 0 Å². The zero-order valence-corrected chi connectivity index (χ0v) is 32.5. The third kappa shape index (κ3) is 10.1. The molecule has 0 spiro atoms. The fourth-order valence-corrected chi connectivity index (χ4v) is 7.86. The largest absolute Gasteiger partial charge is 0.483 e. The predicted molar refractivity (Wildman–Crippen MR) is 203 cm³/mol. The number of hydrogen-bond acceptors (Lipinski definition) is 12. The summed E-state index contributed by atoms with van der Waals surface area (Å²) in [6, 6.07) is 12.6. The Morgan fingerprint density at radius 3 is 1.04 bits per heavy atom. The van der Waals surface area contributed by atoms with Gasteiger partial charge in [0.2, 0.25) is 0 Å². The number of thiazole rings is 4. The Kier molecular flexibility index (Phi) is 12.2. The summed E-state index contributed by atoms with van der Waals surface area (Å²) in [7, 11) is 0. The minimum absolute atomic E-state index is 0.390. The molecule has 4 aromatic heterocycles. The van der Waals surface area contributed by atoms with E-state index in [4.69, 9.17) is 18.9 Å². The molecule has 8 nitrogen and oxygen atoms in total. The average molecular weight is 747 g/mol. The summed E-state index contributed by atoms with van der Waals surface area (Å²) in [6.45, 7) is 14.2. The maximum atomic E-state index is 6.31. The van der Waals surface area contributed by atoms with Gasteiger partial charge in [0.15, 0.2) is 23.0 Å². The SMILES string of the molecule is Cc1nc(COc2ccc(C[C@@H](C)[C@H](C)Cc3ccc(OCc4csc(C)n4)c(OCc4csc(C)n4)c3)cc2OCc2csc(C)n2)cs1. The van der Waals surface area contributed by atoms with E-state index in [2.05, 4.69) is 58.0 Å². The number of aromatic nitrogens is 4. The minimum atomic E-state index is 0.390. The van der Waals surface area contributed by atoms with E-state index in [1.165, 1.54) is 11.1 Å². The van der Waals surface area contributed by atoms with Crippen LogP contribution in [-0.4, -0.2) is 19.9 Å². The van der Waals surface area contributed by atoms with Gasteiger partial charge in [0.25, 0.3) is 0 Å². The van der Waals surface area contributed by atoms with Crippen LogP contribution < -0.4 is 18.9 Å². The fourth-order valence-electron chi connectivity index (χ4n) is 5.47. The van der Waals surface area contributed by atoms with Gasteiger partial charge in [0, 0.05) is 21.5 Å². The summed E-state index contributed by atoms with van der Waals surface area (Å²) in [5.74, 6) is 3.67. The van der Waals surface area contributed by atoms with Crippen LogP contribution in [0.1, 0.15) is 67.8 Å². The topological polar surface area (TPSA) is 88.5 Å². The summed E-state index contributed by atoms with van der Waals surface area (Å²) in [5, 5.41) is 12.2. The summed E-state index contributed by atoms with van der Waals surface area (Å²) >= 11 is 6.50. The van der Waals surface area contributed by atoms with E-state index < -0.39 is 0 Å². The van der Waals surface area contributed by atoms with Crippen LogP contribution in [0.25, 0.3) is 0 Å². The number of benzene rings is 2. The van der Waals surface area contributed by atoms with Crippen LogP contribution in [-0.2, 0) is 39.3 Å². The van der Waals surface area contributed by atoms with Crippen molar-refractivity contribution in [2.24, 2.45) is 11.8 Å². The normalized spacial score (nSPS) is 12.5. The van der Waals surface area contributed by atoms with Crippen LogP contribution in [0.5, 0.6) is 23.0 Å². The molecular weight excluding hydrogens is 705 g/mol. The van der Waals surface area contributed by atoms with E-state index in [-0.39, 0.29) is 0 Å². The highest BCUT2D eigenvalue weighted by Crippen LogP contribution is 2.34. The lowest BCUT2D eigenvalue weighted by atomic mass is 9.85. The van der Waals surface area contributed by atoms with Crippen molar-refractivity contribution in [3.8, 4) is 23.0 Å². The minimum Gasteiger partial charge on any atom is -0.483 e. The first kappa shape index (κ1) is 36.0. The molecule has 2 aromatic carbocycles. The quantitative estimate of drug-likeness (QED) is 0.0912. The first-order valence-corrected chi connectivity index (χ1v) is 20.1. The van der Waals surface area contributed by atoms with E-state index >= 15 is 0 Å². The molecule has 2 atom stereocenters. The number of nitrogens with zero attached hydrogens (tertiary/aromatic N) is 4. The van der Waals surface area contributed by atoms with Gasteiger partial charge in [0.05, 0.1) is 42.8 Å². The van der Waals surface area contributed by atoms with E-state index in [0.29, 0.717) is 49.8 Å². The molecule has 0 aliphatic rings. The lowest BCUT2D eigenvalue weighted by Crippen LogP contribution is -2.14. The molecule has 0 amide bonds. The fraction of sp³-hybridized carbons (Fsp3) is 0.368. The second-order valence-corrected chi connectivity index (χ2v) is 16.8. The molecule has 6 rings (SSSR count). The average Bonchev–Trinajstić information content (AvgIpc) is 3.91. The van der Waals surface area contributed by atoms with Crippen LogP contribution in [0, 0.1) is 39.5 Å². The van der Waals surface area contributed by atoms with Gasteiger partial charge in [-0.15, -0.1) is 45.3 Å². The van der Waals surface area contributed by atoms with E-state index in [1.54, 1.807) is 45.3 Å². The highest BCUT2D eigenvalue weighted by Gasteiger charge is 2.18. The molecule has 4 heterocycles. The molecule has 50 heavy (non-hydrogen) atoms. The van der Waals surface area contributed by atoms with Crippen LogP contribution in [0.15, 0.2) is 57.9 Å². The van der Waals surface area contributed by atoms with Gasteiger partial charge in [-0.2, -0.15) is 0 Å². The lowest BCUT2D eigenvalue weighted by molar-refractivity contribution is 0.251. The zero-order valence-electron chi connectivity index (χ0n) is 29.2. The van der Waals surface area contributed by atoms with Crippen molar-refractivity contribution in [3.05, 3.63) is 112 Å². The molecule has 0 saturated carbocycles. The second-order valence-electron chi connectivity index (χ2n) is 12.5. The zero-order chi connectivity index (χ0) is 35.0. The van der Waals surface area contributed by atoms with Gasteiger partial charge in [-0.1, -0.05) is 26.0 Å². The van der Waals surface area contributed by atoms with Crippen LogP contribution >= 0.6 is 45.3 Å². The van der Waals surface area contributed by atoms with Crippen LogP contribution in [0.2, 0.25) is 0 Å². The molecule has 0 bridgehead atoms. The Labute approximate surface area is 310 Å². The van der Waals surface area contributed by atoms with Crippen LogP contribution in [0.3, 0.4) is 0 Å². The molecular formula is C38H42N4O4S4. The lowest BCUT2D eigenvalue weighted by Gasteiger charge is -2.22. The third-order valence-electron chi connectivity index (χ3n) is 8.27. The molecule has 6 aromatic rings. The Morgan fingerprint density at radius 1 is 0.460 bits per heavy atom. The molecule has 0 N–H and O–H groups in total. The van der Waals surface area contributed by atoms with Crippen molar-refractivity contribution in [1.82, 2.24) is 19.9 Å². The maximum absolute atomic E-state index is 6.31. The summed E-state index contributed by atoms with van der Waals surface area (Å²) in [5.41, 5.74) is 6.08. The van der Waals surface area contributed by atoms with Gasteiger partial charge in [-0.05, 0) is 87.8 Å². The first-order valence-electron chi connectivity index (χ1n) is 16.6. The molecule has 0 fully saturated rings. The van der Waals surface area contributed by atoms with E-state index in [0.717, 1.165) is 67.1 Å². The Hall–Kier alpha value is -3.84. The number of rotatable bonds is 17. The van der Waals surface area contributed by atoms with Gasteiger partial charge in [-0.25, -0.2) is 19.9 Å². The molecule has 12 heteroatoms. The smallest absolute Gasteiger partial charge is 0.162 e. The Balaban J connectivity index is 1.13. The summed E-state index contributed by atoms with van der Waals surface area (Å²) in [6.07, 6.45) is 1.80. The van der Waals surface area contributed by atoms with Crippen molar-refractivity contribution >= 4 is 45.3 Å². The van der Waals surface area contributed by atoms with E-state index in [1.807, 2.05) is 61.3 Å². The number of ether oxygens (including phenoxy) is 4. The highest BCUT2D eigenvalue weighted by atomic mass is 32.1. The molecule has 0 saturated heterocycles. The van der Waals surface area contributed by atoms with Crippen LogP contribution in [0.4, 0.5) is 0 Å². The molecule has 0 unspecified atom stereocenters. The number of aryl methyl sites for hydroxylation is 4. The van der Waals surface area contributed by atoms with Crippen molar-refractivity contribution in [2.75, 3.05) is 0 Å². The second kappa shape index (κ2) is 16.9. The molecule has 0 aliphatic heterocycles. The Morgan fingerprint density at radius 2 is 0.760 bits per heavy atom. The molecule has 0 radical (unpaired) electrons. The van der Waals surface area contributed by atoms with Gasteiger partial charge >= 0.3 is 0 Å². The highest BCUT2D eigenvalue weighted by molar-refractivity contribution is 7.10. The van der Waals surface area contributed by atoms with Gasteiger partial charge in [0.1, 0.15) is 26.4 Å². The van der Waals surface area contributed by atoms with Crippen molar-refractivity contribution < 1.29 is 18.9 Å². The van der Waals surface area contributed by atoms with Gasteiger partial charge in [-0.3, -0.25) is 0 Å². The van der Waals surface area contributed by atoms with Crippen molar-refractivity contribution in [1.29, 1.82) is 0 Å². The standard InChI is InChI=1S/C38H42N4O4S4/c1-23(11-29-7-9-35(43-15-31-19-47-25(3)39-31)37(13-29)45-17-33-21-49-27(5)41-33)24(2)12-30-8-10-36(44-16-32-20-48-26(4)40-32)38(14-30)46-18-34-22-50-28(6)42-34/h7-10,13-14,19-24H,11-12,15-18H2,1-6H3/t23-,24-/m1/s1. The Bertz CT molecular complexity index is 1860. The number of hydrogen-bond donors (Lipinski definition) is 0. The van der Waals surface area contributed by atoms with Crippen molar-refractivity contribution in [2.45, 2.75) is 80.8 Å². The van der Waals surface area contributed by atoms with Crippen molar-refractivity contribution in [3.63, 3.8) is 0 Å². The molecule has 0 aliphatic carbocycles. The molecule has 262 valence electrons. The maximum Gasteiger partial charge on any atom is 0.162 e. The summed E-state index contributed by atoms with van der Waals surface area (Å²) in [4.78, 5) is 18.2. The first-order chi connectivity index (χ1) is 24.2.